The van der Waals surface area contributed by atoms with Crippen LogP contribution in [0.4, 0.5) is 5.69 Å². The summed E-state index contributed by atoms with van der Waals surface area (Å²) >= 11 is 0. The van der Waals surface area contributed by atoms with Gasteiger partial charge in [-0.3, -0.25) is 4.79 Å². The zero-order chi connectivity index (χ0) is 14.5. The minimum atomic E-state index is -0.0473. The fourth-order valence-electron chi connectivity index (χ4n) is 2.01. The summed E-state index contributed by atoms with van der Waals surface area (Å²) < 4.78 is 0. The number of rotatable bonds is 4. The van der Waals surface area contributed by atoms with Crippen molar-refractivity contribution >= 4 is 11.6 Å². The quantitative estimate of drug-likeness (QED) is 0.837. The summed E-state index contributed by atoms with van der Waals surface area (Å²) in [7, 11) is 1.74. The molecule has 0 aromatic heterocycles. The average molecular weight is 270 g/mol. The Hall–Kier alpha value is -2.49. The highest BCUT2D eigenvalue weighted by Gasteiger charge is 2.12. The second kappa shape index (κ2) is 6.10. The third-order valence-electron chi connectivity index (χ3n) is 3.13. The molecule has 2 rings (SSSR count). The van der Waals surface area contributed by atoms with Crippen LogP contribution in [-0.2, 0) is 17.8 Å². The molecule has 0 aliphatic rings. The highest BCUT2D eigenvalue weighted by molar-refractivity contribution is 5.79. The molecule has 104 valence electrons. The number of phenolic OH excluding ortho intramolecular Hbond substituents is 1. The molecule has 0 saturated carbocycles. The number of nitrogens with two attached hydrogens (primary N) is 1. The first kappa shape index (κ1) is 13.9. The van der Waals surface area contributed by atoms with E-state index in [0.29, 0.717) is 17.8 Å². The van der Waals surface area contributed by atoms with Crippen molar-refractivity contribution in [1.82, 2.24) is 4.90 Å². The molecule has 4 heteroatoms. The minimum absolute atomic E-state index is 0.0473. The van der Waals surface area contributed by atoms with Crippen LogP contribution < -0.4 is 5.73 Å². The molecule has 2 aromatic carbocycles. The topological polar surface area (TPSA) is 66.6 Å². The molecule has 0 spiro atoms. The zero-order valence-corrected chi connectivity index (χ0v) is 11.4. The van der Waals surface area contributed by atoms with Crippen molar-refractivity contribution in [2.24, 2.45) is 0 Å². The lowest BCUT2D eigenvalue weighted by molar-refractivity contribution is -0.129. The predicted octanol–water partition coefficient (Wildman–Crippen LogP) is 2.18. The largest absolute Gasteiger partial charge is 0.508 e. The fraction of sp³-hybridized carbons (Fsp3) is 0.188. The molecule has 1 amide bonds. The third kappa shape index (κ3) is 3.51. The van der Waals surface area contributed by atoms with Crippen molar-refractivity contribution in [3.63, 3.8) is 0 Å². The second-order valence-corrected chi connectivity index (χ2v) is 4.80. The molecule has 4 nitrogen and oxygen atoms in total. The lowest BCUT2D eigenvalue weighted by Gasteiger charge is -2.18. The molecule has 0 atom stereocenters. The smallest absolute Gasteiger partial charge is 0.227 e. The summed E-state index contributed by atoms with van der Waals surface area (Å²) in [6.07, 6.45) is 0.186. The molecule has 0 bridgehead atoms. The first-order valence-electron chi connectivity index (χ1n) is 6.41. The van der Waals surface area contributed by atoms with E-state index in [1.807, 2.05) is 24.3 Å². The van der Waals surface area contributed by atoms with E-state index in [-0.39, 0.29) is 18.1 Å². The van der Waals surface area contributed by atoms with Gasteiger partial charge in [-0.1, -0.05) is 30.3 Å². The van der Waals surface area contributed by atoms with Crippen molar-refractivity contribution in [3.8, 4) is 5.75 Å². The van der Waals surface area contributed by atoms with Crippen LogP contribution in [0.25, 0.3) is 0 Å². The summed E-state index contributed by atoms with van der Waals surface area (Å²) in [4.78, 5) is 13.8. The second-order valence-electron chi connectivity index (χ2n) is 4.80. The summed E-state index contributed by atoms with van der Waals surface area (Å²) in [6.45, 7) is 0.497. The van der Waals surface area contributed by atoms with Gasteiger partial charge in [0, 0.05) is 24.8 Å². The van der Waals surface area contributed by atoms with E-state index in [1.165, 1.54) is 0 Å². The van der Waals surface area contributed by atoms with E-state index in [9.17, 15) is 9.90 Å². The Morgan fingerprint density at radius 1 is 1.20 bits per heavy atom. The van der Waals surface area contributed by atoms with Crippen LogP contribution in [0.2, 0.25) is 0 Å². The van der Waals surface area contributed by atoms with E-state index < -0.39 is 0 Å². The van der Waals surface area contributed by atoms with Crippen LogP contribution in [0.5, 0.6) is 5.75 Å². The van der Waals surface area contributed by atoms with E-state index >= 15 is 0 Å². The van der Waals surface area contributed by atoms with E-state index in [1.54, 1.807) is 36.2 Å². The van der Waals surface area contributed by atoms with Crippen molar-refractivity contribution in [2.45, 2.75) is 13.0 Å². The maximum Gasteiger partial charge on any atom is 0.227 e. The number of para-hydroxylation sites is 1. The fourth-order valence-corrected chi connectivity index (χ4v) is 2.01. The van der Waals surface area contributed by atoms with Gasteiger partial charge in [0.1, 0.15) is 5.75 Å². The van der Waals surface area contributed by atoms with Gasteiger partial charge in [0.2, 0.25) is 5.91 Å². The zero-order valence-electron chi connectivity index (χ0n) is 11.4. The molecular weight excluding hydrogens is 252 g/mol. The number of phenols is 1. The summed E-state index contributed by atoms with van der Waals surface area (Å²) in [5.74, 6) is 0.104. The molecule has 0 heterocycles. The first-order chi connectivity index (χ1) is 9.56. The Bertz CT molecular complexity index is 611. The predicted molar refractivity (Wildman–Crippen MR) is 79.1 cm³/mol. The van der Waals surface area contributed by atoms with Gasteiger partial charge in [-0.15, -0.1) is 0 Å². The lowest BCUT2D eigenvalue weighted by Crippen LogP contribution is -2.27. The molecule has 0 saturated heterocycles. The summed E-state index contributed by atoms with van der Waals surface area (Å²) in [5, 5.41) is 9.68. The molecule has 20 heavy (non-hydrogen) atoms. The van der Waals surface area contributed by atoms with Crippen molar-refractivity contribution < 1.29 is 9.90 Å². The van der Waals surface area contributed by atoms with E-state index in [2.05, 4.69) is 0 Å². The van der Waals surface area contributed by atoms with Gasteiger partial charge in [-0.25, -0.2) is 0 Å². The lowest BCUT2D eigenvalue weighted by atomic mass is 10.1. The average Bonchev–Trinajstić information content (AvgIpc) is 2.41. The van der Waals surface area contributed by atoms with Crippen LogP contribution in [-0.4, -0.2) is 23.0 Å². The van der Waals surface area contributed by atoms with Crippen LogP contribution in [0, 0.1) is 0 Å². The number of nitrogens with zero attached hydrogens (tertiary/aromatic N) is 1. The number of carbonyl (C=O) groups is 1. The van der Waals surface area contributed by atoms with Crippen LogP contribution in [0.3, 0.4) is 0 Å². The SMILES string of the molecule is CN(Cc1cccc(N)c1)C(=O)Cc1ccccc1O. The monoisotopic (exact) mass is 270 g/mol. The van der Waals surface area contributed by atoms with E-state index in [0.717, 1.165) is 5.56 Å². The Balaban J connectivity index is 2.01. The molecular formula is C16H18N2O2. The van der Waals surface area contributed by atoms with Crippen LogP contribution >= 0.6 is 0 Å². The van der Waals surface area contributed by atoms with Gasteiger partial charge in [-0.2, -0.15) is 0 Å². The van der Waals surface area contributed by atoms with Crippen molar-refractivity contribution in [3.05, 3.63) is 59.7 Å². The molecule has 0 fully saturated rings. The highest BCUT2D eigenvalue weighted by Crippen LogP contribution is 2.17. The van der Waals surface area contributed by atoms with Gasteiger partial charge in [0.25, 0.3) is 0 Å². The van der Waals surface area contributed by atoms with Crippen LogP contribution in [0.1, 0.15) is 11.1 Å². The minimum Gasteiger partial charge on any atom is -0.508 e. The Morgan fingerprint density at radius 2 is 1.95 bits per heavy atom. The standard InChI is InChI=1S/C16H18N2O2/c1-18(11-12-5-4-7-14(17)9-12)16(20)10-13-6-2-3-8-15(13)19/h2-9,19H,10-11,17H2,1H3. The number of carbonyl (C=O) groups excluding carboxylic acids is 1. The number of benzene rings is 2. The molecule has 0 aliphatic carbocycles. The Labute approximate surface area is 118 Å². The Morgan fingerprint density at radius 3 is 2.65 bits per heavy atom. The maximum absolute atomic E-state index is 12.1. The normalized spacial score (nSPS) is 10.2. The van der Waals surface area contributed by atoms with Gasteiger partial charge in [0.05, 0.1) is 6.42 Å². The van der Waals surface area contributed by atoms with Crippen LogP contribution in [0.15, 0.2) is 48.5 Å². The number of hydrogen-bond donors (Lipinski definition) is 2. The number of nitrogen functional groups attached to an aromatic ring is 1. The first-order valence-corrected chi connectivity index (χ1v) is 6.41. The van der Waals surface area contributed by atoms with Crippen molar-refractivity contribution in [1.29, 1.82) is 0 Å². The number of hydrogen-bond acceptors (Lipinski definition) is 3. The summed E-state index contributed by atoms with van der Waals surface area (Å²) in [6, 6.07) is 14.3. The number of likely N-dealkylation sites (N-methyl/N-ethyl adjacent to an activating group) is 1. The number of anilines is 1. The molecule has 0 aliphatic heterocycles. The van der Waals surface area contributed by atoms with Gasteiger partial charge >= 0.3 is 0 Å². The molecule has 0 radical (unpaired) electrons. The Kier molecular flexibility index (Phi) is 4.25. The van der Waals surface area contributed by atoms with Gasteiger partial charge in [-0.05, 0) is 23.8 Å². The third-order valence-corrected chi connectivity index (χ3v) is 3.13. The number of amides is 1. The molecule has 0 unspecified atom stereocenters. The molecule has 3 N–H and O–H groups in total. The van der Waals surface area contributed by atoms with Crippen molar-refractivity contribution in [2.75, 3.05) is 12.8 Å². The van der Waals surface area contributed by atoms with Gasteiger partial charge in [0.15, 0.2) is 0 Å². The van der Waals surface area contributed by atoms with Gasteiger partial charge < -0.3 is 15.7 Å². The number of aromatic hydroxyl groups is 1. The molecule has 2 aromatic rings. The maximum atomic E-state index is 12.1. The summed E-state index contributed by atoms with van der Waals surface area (Å²) in [5.41, 5.74) is 8.02. The van der Waals surface area contributed by atoms with E-state index in [4.69, 9.17) is 5.73 Å². The highest BCUT2D eigenvalue weighted by atomic mass is 16.3.